The van der Waals surface area contributed by atoms with Crippen LogP contribution in [-0.2, 0) is 0 Å². The van der Waals surface area contributed by atoms with E-state index in [1.54, 1.807) is 0 Å². The third-order valence-corrected chi connectivity index (χ3v) is 6.93. The molecule has 0 bridgehead atoms. The molecule has 4 heterocycles. The van der Waals surface area contributed by atoms with E-state index in [-0.39, 0.29) is 0 Å². The van der Waals surface area contributed by atoms with Gasteiger partial charge in [0.05, 0.1) is 27.6 Å². The Morgan fingerprint density at radius 3 is 2.53 bits per heavy atom. The predicted octanol–water partition coefficient (Wildman–Crippen LogP) is 7.57. The number of para-hydroxylation sites is 1. The first-order valence-electron chi connectivity index (χ1n) is 11.8. The second kappa shape index (κ2) is 7.16. The van der Waals surface area contributed by atoms with E-state index in [0.717, 1.165) is 51.6 Å². The molecule has 0 atom stereocenters. The van der Waals surface area contributed by atoms with Crippen molar-refractivity contribution in [3.63, 3.8) is 0 Å². The molecule has 4 aromatic heterocycles. The predicted molar refractivity (Wildman–Crippen MR) is 141 cm³/mol. The summed E-state index contributed by atoms with van der Waals surface area (Å²) in [5, 5.41) is 2.26. The molecule has 0 spiro atoms. The minimum atomic E-state index is 0.981. The molecule has 0 saturated heterocycles. The van der Waals surface area contributed by atoms with Gasteiger partial charge in [0.2, 0.25) is 0 Å². The average Bonchev–Trinajstić information content (AvgIpc) is 3.35. The molecule has 1 aliphatic carbocycles. The van der Waals surface area contributed by atoms with E-state index in [1.807, 2.05) is 12.3 Å². The molecule has 1 aliphatic rings. The van der Waals surface area contributed by atoms with Crippen LogP contribution in [0.15, 0.2) is 90.7 Å². The Morgan fingerprint density at radius 2 is 1.65 bits per heavy atom. The number of pyridine rings is 2. The summed E-state index contributed by atoms with van der Waals surface area (Å²) in [4.78, 5) is 10.2. The zero-order valence-electron chi connectivity index (χ0n) is 19.3. The highest BCUT2D eigenvalue weighted by Gasteiger charge is 2.21. The minimum absolute atomic E-state index is 0.981. The van der Waals surface area contributed by atoms with Crippen molar-refractivity contribution in [1.29, 1.82) is 0 Å². The van der Waals surface area contributed by atoms with Crippen molar-refractivity contribution in [1.82, 2.24) is 19.1 Å². The van der Waals surface area contributed by atoms with E-state index in [4.69, 9.17) is 9.97 Å². The van der Waals surface area contributed by atoms with Crippen LogP contribution in [0, 0.1) is 6.92 Å². The lowest BCUT2D eigenvalue weighted by Crippen LogP contribution is -2.01. The first-order valence-corrected chi connectivity index (χ1v) is 11.8. The van der Waals surface area contributed by atoms with Crippen LogP contribution in [0.5, 0.6) is 0 Å². The monoisotopic (exact) mass is 440 g/mol. The van der Waals surface area contributed by atoms with Gasteiger partial charge in [-0.1, -0.05) is 42.0 Å². The topological polar surface area (TPSA) is 35.6 Å². The average molecular weight is 441 g/mol. The normalized spacial score (nSPS) is 14.3. The number of benzene rings is 2. The molecule has 0 unspecified atom stereocenters. The Bertz CT molecular complexity index is 1830. The molecule has 0 saturated carbocycles. The fourth-order valence-electron chi connectivity index (χ4n) is 5.46. The molecule has 0 N–H and O–H groups in total. The quantitative estimate of drug-likeness (QED) is 0.278. The fraction of sp³-hybridized carbons (Fsp3) is 0.133. The molecule has 4 nitrogen and oxygen atoms in total. The molecular weight excluding hydrogens is 416 g/mol. The standard InChI is InChI=1S/C30H24N4/c1-19-8-5-10-21(16-19)33-25-13-4-3-12-23(25)29-27(33)18-24-28-26(14-7-15-31-28)34(30(24)32-29)22-11-6-9-20(2)17-22/h3-5,7-10,12-18H,6,11H2,1-2H3. The lowest BCUT2D eigenvalue weighted by atomic mass is 10.1. The Labute approximate surface area is 197 Å². The van der Waals surface area contributed by atoms with Crippen LogP contribution in [0.2, 0.25) is 0 Å². The molecule has 4 heteroatoms. The van der Waals surface area contributed by atoms with Crippen LogP contribution in [0.1, 0.15) is 25.3 Å². The molecule has 0 amide bonds. The number of hydrogen-bond acceptors (Lipinski definition) is 2. The van der Waals surface area contributed by atoms with E-state index in [0.29, 0.717) is 0 Å². The van der Waals surface area contributed by atoms with Crippen molar-refractivity contribution in [2.45, 2.75) is 26.7 Å². The van der Waals surface area contributed by atoms with Gasteiger partial charge in [-0.25, -0.2) is 4.98 Å². The van der Waals surface area contributed by atoms with Crippen molar-refractivity contribution in [2.75, 3.05) is 0 Å². The van der Waals surface area contributed by atoms with Crippen molar-refractivity contribution in [2.24, 2.45) is 0 Å². The third-order valence-electron chi connectivity index (χ3n) is 6.93. The second-order valence-electron chi connectivity index (χ2n) is 9.25. The van der Waals surface area contributed by atoms with Crippen LogP contribution in [0.25, 0.3) is 55.4 Å². The van der Waals surface area contributed by atoms with Gasteiger partial charge >= 0.3 is 0 Å². The lowest BCUT2D eigenvalue weighted by Gasteiger charge is -2.15. The van der Waals surface area contributed by atoms with Crippen LogP contribution in [-0.4, -0.2) is 19.1 Å². The molecule has 2 aromatic carbocycles. The number of fused-ring (bicyclic) bond motifs is 6. The van der Waals surface area contributed by atoms with E-state index >= 15 is 0 Å². The summed E-state index contributed by atoms with van der Waals surface area (Å²) in [5.74, 6) is 0. The largest absolute Gasteiger partial charge is 0.308 e. The number of aryl methyl sites for hydroxylation is 1. The zero-order chi connectivity index (χ0) is 22.8. The van der Waals surface area contributed by atoms with Crippen LogP contribution in [0.3, 0.4) is 0 Å². The summed E-state index contributed by atoms with van der Waals surface area (Å²) < 4.78 is 4.66. The molecule has 7 rings (SSSR count). The summed E-state index contributed by atoms with van der Waals surface area (Å²) in [6.45, 7) is 4.31. The Morgan fingerprint density at radius 1 is 0.765 bits per heavy atom. The SMILES string of the molecule is CC1=CCCC(n2c3cccnc3c3cc4c(nc32)c2ccccc2n4-c2cccc(C)c2)=C1. The van der Waals surface area contributed by atoms with Crippen molar-refractivity contribution in [3.8, 4) is 5.69 Å². The van der Waals surface area contributed by atoms with E-state index in [1.165, 1.54) is 27.7 Å². The van der Waals surface area contributed by atoms with Gasteiger partial charge in [0, 0.05) is 28.4 Å². The van der Waals surface area contributed by atoms with Crippen LogP contribution in [0.4, 0.5) is 0 Å². The van der Waals surface area contributed by atoms with Gasteiger partial charge in [-0.3, -0.25) is 9.55 Å². The molecule has 0 fully saturated rings. The molecule has 0 radical (unpaired) electrons. The van der Waals surface area contributed by atoms with E-state index in [2.05, 4.69) is 95.8 Å². The highest BCUT2D eigenvalue weighted by molar-refractivity contribution is 6.15. The van der Waals surface area contributed by atoms with Crippen molar-refractivity contribution < 1.29 is 0 Å². The number of aromatic nitrogens is 4. The van der Waals surface area contributed by atoms with Crippen molar-refractivity contribution >= 4 is 49.7 Å². The Hall–Kier alpha value is -4.18. The molecule has 164 valence electrons. The summed E-state index contributed by atoms with van der Waals surface area (Å²) >= 11 is 0. The second-order valence-corrected chi connectivity index (χ2v) is 9.25. The Balaban J connectivity index is 1.66. The molecule has 6 aromatic rings. The third kappa shape index (κ3) is 2.72. The maximum absolute atomic E-state index is 5.35. The van der Waals surface area contributed by atoms with Gasteiger partial charge < -0.3 is 4.57 Å². The highest BCUT2D eigenvalue weighted by atomic mass is 15.1. The summed E-state index contributed by atoms with van der Waals surface area (Å²) in [6, 6.07) is 23.7. The van der Waals surface area contributed by atoms with Gasteiger partial charge in [-0.05, 0) is 74.7 Å². The van der Waals surface area contributed by atoms with Gasteiger partial charge in [0.15, 0.2) is 0 Å². The van der Waals surface area contributed by atoms with E-state index < -0.39 is 0 Å². The number of nitrogens with zero attached hydrogens (tertiary/aromatic N) is 4. The first kappa shape index (κ1) is 19.3. The van der Waals surface area contributed by atoms with E-state index in [9.17, 15) is 0 Å². The summed E-state index contributed by atoms with van der Waals surface area (Å²) in [6.07, 6.45) is 8.52. The minimum Gasteiger partial charge on any atom is -0.308 e. The van der Waals surface area contributed by atoms with Gasteiger partial charge in [0.25, 0.3) is 0 Å². The molecule has 0 aliphatic heterocycles. The van der Waals surface area contributed by atoms with Crippen LogP contribution >= 0.6 is 0 Å². The number of rotatable bonds is 2. The molecule has 34 heavy (non-hydrogen) atoms. The highest BCUT2D eigenvalue weighted by Crippen LogP contribution is 2.38. The number of hydrogen-bond donors (Lipinski definition) is 0. The lowest BCUT2D eigenvalue weighted by molar-refractivity contribution is 0.959. The Kier molecular flexibility index (Phi) is 4.06. The molecular formula is C30H24N4. The fourth-order valence-corrected chi connectivity index (χ4v) is 5.46. The smallest absolute Gasteiger partial charge is 0.147 e. The van der Waals surface area contributed by atoms with Crippen LogP contribution < -0.4 is 0 Å². The van der Waals surface area contributed by atoms with Gasteiger partial charge in [0.1, 0.15) is 5.65 Å². The van der Waals surface area contributed by atoms with Gasteiger partial charge in [-0.15, -0.1) is 0 Å². The zero-order valence-corrected chi connectivity index (χ0v) is 19.3. The maximum atomic E-state index is 5.35. The number of allylic oxidation sites excluding steroid dienone is 4. The van der Waals surface area contributed by atoms with Crippen molar-refractivity contribution in [3.05, 3.63) is 96.2 Å². The van der Waals surface area contributed by atoms with Gasteiger partial charge in [-0.2, -0.15) is 0 Å². The first-order chi connectivity index (χ1) is 16.7. The maximum Gasteiger partial charge on any atom is 0.147 e. The summed E-state index contributed by atoms with van der Waals surface area (Å²) in [5.41, 5.74) is 11.4. The summed E-state index contributed by atoms with van der Waals surface area (Å²) in [7, 11) is 0.